The van der Waals surface area contributed by atoms with Crippen molar-refractivity contribution in [3.05, 3.63) is 35.9 Å². The number of thioether (sulfide) groups is 1. The molecule has 0 unspecified atom stereocenters. The van der Waals surface area contributed by atoms with Gasteiger partial charge in [0.2, 0.25) is 0 Å². The Morgan fingerprint density at radius 3 is 2.82 bits per heavy atom. The topological polar surface area (TPSA) is 32.6 Å². The van der Waals surface area contributed by atoms with E-state index in [9.17, 15) is 0 Å². The standard InChI is InChI=1S/C14H17NOS/c16-15-13-11-6-7-12(8-11)14(13)17-9-10-4-2-1-3-5-10/h1-5,11-12,14,16H,6-9H2/b15-13+/t11-,12-,14+/m0/s1. The lowest BCUT2D eigenvalue weighted by Gasteiger charge is -2.22. The molecule has 2 aliphatic carbocycles. The molecule has 3 heteroatoms. The molecule has 0 aliphatic heterocycles. The summed E-state index contributed by atoms with van der Waals surface area (Å²) < 4.78 is 0. The Hall–Kier alpha value is -0.960. The zero-order valence-corrected chi connectivity index (χ0v) is 10.6. The van der Waals surface area contributed by atoms with Gasteiger partial charge in [0.15, 0.2) is 0 Å². The molecular weight excluding hydrogens is 230 g/mol. The summed E-state index contributed by atoms with van der Waals surface area (Å²) in [6.07, 6.45) is 3.79. The number of nitrogens with zero attached hydrogens (tertiary/aromatic N) is 1. The number of fused-ring (bicyclic) bond motifs is 2. The molecule has 3 atom stereocenters. The lowest BCUT2D eigenvalue weighted by molar-refractivity contribution is 0.314. The molecule has 0 amide bonds. The highest BCUT2D eigenvalue weighted by Crippen LogP contribution is 2.48. The van der Waals surface area contributed by atoms with Crippen molar-refractivity contribution in [3.8, 4) is 0 Å². The first kappa shape index (κ1) is 11.1. The van der Waals surface area contributed by atoms with Crippen molar-refractivity contribution < 1.29 is 5.21 Å². The van der Waals surface area contributed by atoms with Crippen LogP contribution >= 0.6 is 11.8 Å². The summed E-state index contributed by atoms with van der Waals surface area (Å²) >= 11 is 1.94. The van der Waals surface area contributed by atoms with Gasteiger partial charge in [-0.05, 0) is 30.7 Å². The van der Waals surface area contributed by atoms with Gasteiger partial charge in [0, 0.05) is 16.9 Å². The van der Waals surface area contributed by atoms with Crippen molar-refractivity contribution in [2.45, 2.75) is 30.3 Å². The predicted octanol–water partition coefficient (Wildman–Crippen LogP) is 3.55. The molecule has 2 aliphatic rings. The second-order valence-corrected chi connectivity index (χ2v) is 6.14. The van der Waals surface area contributed by atoms with Crippen LogP contribution in [0.25, 0.3) is 0 Å². The molecule has 17 heavy (non-hydrogen) atoms. The third kappa shape index (κ3) is 2.08. The van der Waals surface area contributed by atoms with E-state index in [4.69, 9.17) is 5.21 Å². The molecule has 0 saturated heterocycles. The van der Waals surface area contributed by atoms with Gasteiger partial charge in [-0.3, -0.25) is 0 Å². The van der Waals surface area contributed by atoms with Crippen LogP contribution in [0.1, 0.15) is 24.8 Å². The van der Waals surface area contributed by atoms with Crippen LogP contribution in [0, 0.1) is 11.8 Å². The summed E-state index contributed by atoms with van der Waals surface area (Å²) in [5.74, 6) is 2.34. The summed E-state index contributed by atoms with van der Waals surface area (Å²) in [4.78, 5) is 0. The maximum atomic E-state index is 9.13. The van der Waals surface area contributed by atoms with E-state index in [0.29, 0.717) is 11.2 Å². The molecule has 1 aromatic rings. The first-order valence-corrected chi connectivity index (χ1v) is 7.30. The van der Waals surface area contributed by atoms with Crippen LogP contribution in [-0.4, -0.2) is 16.2 Å². The van der Waals surface area contributed by atoms with E-state index >= 15 is 0 Å². The van der Waals surface area contributed by atoms with Crippen LogP contribution in [0.3, 0.4) is 0 Å². The maximum Gasteiger partial charge on any atom is 0.0734 e. The summed E-state index contributed by atoms with van der Waals surface area (Å²) in [6, 6.07) is 10.5. The van der Waals surface area contributed by atoms with Gasteiger partial charge in [-0.1, -0.05) is 35.5 Å². The van der Waals surface area contributed by atoms with Gasteiger partial charge in [-0.25, -0.2) is 0 Å². The SMILES string of the molecule is O/N=C1\[C@H]2CC[C@@H](C2)[C@H]1SCc1ccccc1. The zero-order chi connectivity index (χ0) is 11.7. The Labute approximate surface area is 106 Å². The van der Waals surface area contributed by atoms with Gasteiger partial charge in [0.1, 0.15) is 0 Å². The van der Waals surface area contributed by atoms with E-state index in [1.165, 1.54) is 24.8 Å². The Bertz CT molecular complexity index is 417. The van der Waals surface area contributed by atoms with E-state index < -0.39 is 0 Å². The minimum Gasteiger partial charge on any atom is -0.411 e. The smallest absolute Gasteiger partial charge is 0.0734 e. The number of hydrogen-bond donors (Lipinski definition) is 1. The second kappa shape index (κ2) is 4.73. The molecule has 1 aromatic carbocycles. The molecule has 1 N–H and O–H groups in total. The maximum absolute atomic E-state index is 9.13. The lowest BCUT2D eigenvalue weighted by Crippen LogP contribution is -2.25. The molecule has 2 saturated carbocycles. The Balaban J connectivity index is 1.66. The fourth-order valence-corrected chi connectivity index (χ4v) is 4.65. The minimum absolute atomic E-state index is 0.457. The minimum atomic E-state index is 0.457. The van der Waals surface area contributed by atoms with E-state index in [-0.39, 0.29) is 0 Å². The van der Waals surface area contributed by atoms with Gasteiger partial charge < -0.3 is 5.21 Å². The van der Waals surface area contributed by atoms with Crippen LogP contribution in [-0.2, 0) is 5.75 Å². The molecule has 0 aromatic heterocycles. The normalized spacial score (nSPS) is 33.4. The quantitative estimate of drug-likeness (QED) is 0.654. The number of rotatable bonds is 3. The Morgan fingerprint density at radius 1 is 1.24 bits per heavy atom. The Morgan fingerprint density at radius 2 is 2.06 bits per heavy atom. The highest BCUT2D eigenvalue weighted by atomic mass is 32.2. The molecule has 2 fully saturated rings. The first-order valence-electron chi connectivity index (χ1n) is 6.26. The highest BCUT2D eigenvalue weighted by molar-refractivity contribution is 7.99. The highest BCUT2D eigenvalue weighted by Gasteiger charge is 2.45. The molecule has 0 spiro atoms. The van der Waals surface area contributed by atoms with Crippen LogP contribution in [0.2, 0.25) is 0 Å². The van der Waals surface area contributed by atoms with Crippen molar-refractivity contribution in [1.82, 2.24) is 0 Å². The van der Waals surface area contributed by atoms with Crippen molar-refractivity contribution in [1.29, 1.82) is 0 Å². The first-order chi connectivity index (χ1) is 8.38. The van der Waals surface area contributed by atoms with Crippen LogP contribution in [0.15, 0.2) is 35.5 Å². The molecule has 2 bridgehead atoms. The van der Waals surface area contributed by atoms with Gasteiger partial charge in [0.05, 0.1) is 5.71 Å². The van der Waals surface area contributed by atoms with Crippen molar-refractivity contribution in [3.63, 3.8) is 0 Å². The Kier molecular flexibility index (Phi) is 3.10. The van der Waals surface area contributed by atoms with E-state index in [1.807, 2.05) is 17.8 Å². The zero-order valence-electron chi connectivity index (χ0n) is 9.75. The fourth-order valence-electron chi connectivity index (χ4n) is 3.15. The van der Waals surface area contributed by atoms with Crippen LogP contribution in [0.4, 0.5) is 0 Å². The van der Waals surface area contributed by atoms with Crippen molar-refractivity contribution >= 4 is 17.5 Å². The number of oxime groups is 1. The van der Waals surface area contributed by atoms with Gasteiger partial charge in [-0.15, -0.1) is 11.8 Å². The monoisotopic (exact) mass is 247 g/mol. The summed E-state index contributed by atoms with van der Waals surface area (Å²) in [6.45, 7) is 0. The number of hydrogen-bond acceptors (Lipinski definition) is 3. The van der Waals surface area contributed by atoms with Crippen molar-refractivity contribution in [2.24, 2.45) is 17.0 Å². The van der Waals surface area contributed by atoms with Crippen LogP contribution < -0.4 is 0 Å². The summed E-state index contributed by atoms with van der Waals surface area (Å²) in [7, 11) is 0. The van der Waals surface area contributed by atoms with Crippen molar-refractivity contribution in [2.75, 3.05) is 0 Å². The third-order valence-corrected chi connectivity index (χ3v) is 5.48. The number of benzene rings is 1. The molecule has 2 nitrogen and oxygen atoms in total. The predicted molar refractivity (Wildman–Crippen MR) is 71.6 cm³/mol. The molecule has 90 valence electrons. The average Bonchev–Trinajstić information content (AvgIpc) is 2.97. The van der Waals surface area contributed by atoms with E-state index in [2.05, 4.69) is 29.4 Å². The molecular formula is C14H17NOS. The van der Waals surface area contributed by atoms with Gasteiger partial charge >= 0.3 is 0 Å². The van der Waals surface area contributed by atoms with E-state index in [0.717, 1.165) is 17.4 Å². The largest absolute Gasteiger partial charge is 0.411 e. The van der Waals surface area contributed by atoms with Gasteiger partial charge in [-0.2, -0.15) is 0 Å². The molecule has 0 heterocycles. The third-order valence-electron chi connectivity index (χ3n) is 4.00. The summed E-state index contributed by atoms with van der Waals surface area (Å²) in [5.41, 5.74) is 2.42. The molecule has 3 rings (SSSR count). The fraction of sp³-hybridized carbons (Fsp3) is 0.500. The van der Waals surface area contributed by atoms with Gasteiger partial charge in [0.25, 0.3) is 0 Å². The average molecular weight is 247 g/mol. The lowest BCUT2D eigenvalue weighted by atomic mass is 9.98. The van der Waals surface area contributed by atoms with Crippen LogP contribution in [0.5, 0.6) is 0 Å². The van der Waals surface area contributed by atoms with E-state index in [1.54, 1.807) is 0 Å². The second-order valence-electron chi connectivity index (χ2n) is 5.01. The summed E-state index contributed by atoms with van der Waals surface area (Å²) in [5, 5.41) is 13.1. The molecule has 0 radical (unpaired) electrons.